The third-order valence-electron chi connectivity index (χ3n) is 11.2. The molecule has 2 fully saturated rings. The molecule has 9 nitrogen and oxygen atoms in total. The SMILES string of the molecule is C[C@@H]1[C@@H]([Si](C)(C)F)[C@H](CCn2cc(C(CO)c3ccccc3)nn2)O[C@@]12C(=O)N(Cc1cccc(N3CCCCCCC3=O)c1)c1ccccc12. The van der Waals surface area contributed by atoms with E-state index in [9.17, 15) is 14.7 Å². The van der Waals surface area contributed by atoms with Crippen molar-refractivity contribution in [2.24, 2.45) is 5.92 Å². The van der Waals surface area contributed by atoms with Crippen LogP contribution in [0.4, 0.5) is 15.5 Å². The fourth-order valence-electron chi connectivity index (χ4n) is 8.76. The quantitative estimate of drug-likeness (QED) is 0.139. The Balaban J connectivity index is 1.14. The number of benzene rings is 3. The second kappa shape index (κ2) is 14.4. The maximum atomic E-state index is 16.4. The first-order chi connectivity index (χ1) is 24.6. The van der Waals surface area contributed by atoms with Crippen LogP contribution in [-0.4, -0.2) is 59.6 Å². The minimum Gasteiger partial charge on any atom is -0.395 e. The largest absolute Gasteiger partial charge is 0.395 e. The molecule has 1 unspecified atom stereocenters. The van der Waals surface area contributed by atoms with Crippen molar-refractivity contribution in [3.63, 3.8) is 0 Å². The van der Waals surface area contributed by atoms with Gasteiger partial charge in [-0.15, -0.1) is 5.10 Å². The number of ether oxygens (including phenoxy) is 1. The molecule has 3 aliphatic heterocycles. The minimum atomic E-state index is -3.34. The highest BCUT2D eigenvalue weighted by Crippen LogP contribution is 2.60. The molecule has 7 rings (SSSR count). The molecule has 2 amide bonds. The summed E-state index contributed by atoms with van der Waals surface area (Å²) in [6.07, 6.45) is 6.40. The van der Waals surface area contributed by atoms with Crippen LogP contribution in [0.1, 0.15) is 73.8 Å². The highest BCUT2D eigenvalue weighted by molar-refractivity contribution is 6.72. The van der Waals surface area contributed by atoms with E-state index in [2.05, 4.69) is 10.3 Å². The summed E-state index contributed by atoms with van der Waals surface area (Å²) < 4.78 is 25.1. The second-order valence-electron chi connectivity index (χ2n) is 14.9. The number of halogens is 1. The Morgan fingerprint density at radius 1 is 1.00 bits per heavy atom. The van der Waals surface area contributed by atoms with Crippen molar-refractivity contribution in [3.8, 4) is 0 Å². The Hall–Kier alpha value is -4.19. The minimum absolute atomic E-state index is 0.100. The fraction of sp³-hybridized carbons (Fsp3) is 0.450. The number of aryl methyl sites for hydroxylation is 1. The number of amides is 2. The van der Waals surface area contributed by atoms with Gasteiger partial charge in [0.25, 0.3) is 5.91 Å². The predicted octanol–water partition coefficient (Wildman–Crippen LogP) is 7.11. The Bertz CT molecular complexity index is 1860. The highest BCUT2D eigenvalue weighted by Gasteiger charge is 2.66. The Morgan fingerprint density at radius 3 is 2.55 bits per heavy atom. The normalized spacial score (nSPS) is 24.5. The molecule has 0 aliphatic carbocycles. The Morgan fingerprint density at radius 2 is 1.76 bits per heavy atom. The topological polar surface area (TPSA) is 101 Å². The predicted molar refractivity (Wildman–Crippen MR) is 198 cm³/mol. The van der Waals surface area contributed by atoms with Gasteiger partial charge in [0.15, 0.2) is 5.60 Å². The summed E-state index contributed by atoms with van der Waals surface area (Å²) in [4.78, 5) is 31.5. The van der Waals surface area contributed by atoms with Crippen LogP contribution in [0.25, 0.3) is 0 Å². The van der Waals surface area contributed by atoms with Crippen LogP contribution in [0.3, 0.4) is 0 Å². The van der Waals surface area contributed by atoms with E-state index in [4.69, 9.17) is 4.74 Å². The molecular weight excluding hydrogens is 662 g/mol. The highest BCUT2D eigenvalue weighted by atomic mass is 28.4. The van der Waals surface area contributed by atoms with Crippen molar-refractivity contribution in [2.75, 3.05) is 23.0 Å². The molecule has 0 bridgehead atoms. The molecule has 51 heavy (non-hydrogen) atoms. The third kappa shape index (κ3) is 6.67. The summed E-state index contributed by atoms with van der Waals surface area (Å²) in [5.74, 6) is -0.736. The lowest BCUT2D eigenvalue weighted by Gasteiger charge is -2.31. The van der Waals surface area contributed by atoms with Gasteiger partial charge in [-0.1, -0.05) is 85.6 Å². The molecular formula is C40H48FN5O4Si. The van der Waals surface area contributed by atoms with Crippen LogP contribution in [0.5, 0.6) is 0 Å². The van der Waals surface area contributed by atoms with Gasteiger partial charge in [0.05, 0.1) is 36.6 Å². The third-order valence-corrected chi connectivity index (χ3v) is 13.7. The van der Waals surface area contributed by atoms with E-state index in [1.807, 2.05) is 96.9 Å². The maximum absolute atomic E-state index is 16.4. The van der Waals surface area contributed by atoms with E-state index >= 15 is 4.11 Å². The number of aliphatic hydroxyl groups excluding tert-OH is 1. The summed E-state index contributed by atoms with van der Waals surface area (Å²) in [6.45, 7) is 6.73. The summed E-state index contributed by atoms with van der Waals surface area (Å²) in [7, 11) is -3.34. The number of aromatic nitrogens is 3. The zero-order chi connectivity index (χ0) is 35.8. The number of anilines is 2. The molecule has 1 aromatic heterocycles. The molecule has 4 aromatic rings. The van der Waals surface area contributed by atoms with E-state index < -0.39 is 31.6 Å². The lowest BCUT2D eigenvalue weighted by Crippen LogP contribution is -2.45. The van der Waals surface area contributed by atoms with Crippen molar-refractivity contribution in [2.45, 2.75) is 94.8 Å². The number of hydrogen-bond acceptors (Lipinski definition) is 6. The molecule has 0 saturated carbocycles. The number of nitrogens with zero attached hydrogens (tertiary/aromatic N) is 5. The van der Waals surface area contributed by atoms with Crippen molar-refractivity contribution in [3.05, 3.63) is 107 Å². The number of rotatable bonds is 10. The van der Waals surface area contributed by atoms with Crippen molar-refractivity contribution >= 4 is 31.6 Å². The average Bonchev–Trinajstić information content (AvgIpc) is 3.77. The number of hydrogen-bond donors (Lipinski definition) is 1. The monoisotopic (exact) mass is 709 g/mol. The van der Waals surface area contributed by atoms with Crippen LogP contribution < -0.4 is 9.80 Å². The molecule has 0 radical (unpaired) electrons. The van der Waals surface area contributed by atoms with E-state index in [1.54, 1.807) is 22.7 Å². The van der Waals surface area contributed by atoms with E-state index in [1.165, 1.54) is 0 Å². The molecule has 3 aliphatic rings. The van der Waals surface area contributed by atoms with Crippen molar-refractivity contribution in [1.29, 1.82) is 0 Å². The molecule has 11 heteroatoms. The summed E-state index contributed by atoms with van der Waals surface area (Å²) in [5.41, 5.74) is 3.18. The number of para-hydroxylation sites is 1. The zero-order valence-electron chi connectivity index (χ0n) is 29.7. The van der Waals surface area contributed by atoms with Gasteiger partial charge in [-0.3, -0.25) is 14.3 Å². The van der Waals surface area contributed by atoms with Crippen LogP contribution in [0.15, 0.2) is 85.1 Å². The van der Waals surface area contributed by atoms with Crippen LogP contribution in [0.2, 0.25) is 18.6 Å². The van der Waals surface area contributed by atoms with Gasteiger partial charge in [0, 0.05) is 48.4 Å². The fourth-order valence-corrected chi connectivity index (χ4v) is 11.3. The van der Waals surface area contributed by atoms with Gasteiger partial charge in [0.1, 0.15) is 0 Å². The molecule has 4 heterocycles. The lowest BCUT2D eigenvalue weighted by molar-refractivity contribution is -0.146. The first kappa shape index (κ1) is 35.2. The van der Waals surface area contributed by atoms with Gasteiger partial charge in [-0.25, -0.2) is 0 Å². The lowest BCUT2D eigenvalue weighted by atomic mass is 9.82. The maximum Gasteiger partial charge on any atom is 0.264 e. The standard InChI is InChI=1S/C40H48FN5O4Si/c1-28-38(51(2,3)41)36(21-23-44-26-34(42-43-44)32(27-47)30-15-7-6-8-16-30)50-40(28)33-18-10-11-19-35(33)46(39(40)49)25-29-14-13-17-31(24-29)45-22-12-5-4-9-20-37(45)48/h6-8,10-11,13-19,24,26,28,32,36,38,47H,4-5,9,12,20-23,25,27H2,1-3H3/t28-,32?,36+,38-,40+/m1/s1. The summed E-state index contributed by atoms with van der Waals surface area (Å²) in [5, 5.41) is 18.9. The van der Waals surface area contributed by atoms with Gasteiger partial charge in [-0.05, 0) is 61.7 Å². The molecule has 2 saturated heterocycles. The van der Waals surface area contributed by atoms with Crippen LogP contribution >= 0.6 is 0 Å². The summed E-state index contributed by atoms with van der Waals surface area (Å²) >= 11 is 0. The van der Waals surface area contributed by atoms with Gasteiger partial charge >= 0.3 is 0 Å². The summed E-state index contributed by atoms with van der Waals surface area (Å²) in [6, 6.07) is 25.4. The van der Waals surface area contributed by atoms with Crippen molar-refractivity contribution in [1.82, 2.24) is 15.0 Å². The average molecular weight is 710 g/mol. The number of carbonyl (C=O) groups is 2. The molecule has 1 N–H and O–H groups in total. The van der Waals surface area contributed by atoms with E-state index in [-0.39, 0.29) is 24.3 Å². The number of aliphatic hydroxyl groups is 1. The van der Waals surface area contributed by atoms with Crippen LogP contribution in [0, 0.1) is 5.92 Å². The van der Waals surface area contributed by atoms with E-state index in [0.717, 1.165) is 53.7 Å². The number of carbonyl (C=O) groups excluding carboxylic acids is 2. The molecule has 3 aromatic carbocycles. The molecule has 268 valence electrons. The molecule has 1 spiro atoms. The van der Waals surface area contributed by atoms with Gasteiger partial charge in [-0.2, -0.15) is 0 Å². The Labute approximate surface area is 300 Å². The van der Waals surface area contributed by atoms with E-state index in [0.29, 0.717) is 38.2 Å². The Kier molecular flexibility index (Phi) is 9.97. The number of fused-ring (bicyclic) bond motifs is 2. The van der Waals surface area contributed by atoms with Gasteiger partial charge in [0.2, 0.25) is 14.3 Å². The van der Waals surface area contributed by atoms with Gasteiger partial charge < -0.3 is 23.8 Å². The first-order valence-corrected chi connectivity index (χ1v) is 21.3. The van der Waals surface area contributed by atoms with Crippen molar-refractivity contribution < 1.29 is 23.5 Å². The second-order valence-corrected chi connectivity index (χ2v) is 18.7. The smallest absolute Gasteiger partial charge is 0.264 e. The molecule has 5 atom stereocenters. The zero-order valence-corrected chi connectivity index (χ0v) is 30.7. The first-order valence-electron chi connectivity index (χ1n) is 18.3. The van der Waals surface area contributed by atoms with Crippen LogP contribution in [-0.2, 0) is 33.0 Å².